The van der Waals surface area contributed by atoms with E-state index in [0.29, 0.717) is 23.0 Å². The molecule has 0 radical (unpaired) electrons. The number of benzene rings is 2. The summed E-state index contributed by atoms with van der Waals surface area (Å²) < 4.78 is 41.3. The molecule has 1 heterocycles. The SMILES string of the molecule is Fc1cc(F)c(-c2nc(Cl)c3cc(Br)ccc3n2)c(F)c1. The zero-order valence-electron chi connectivity index (χ0n) is 10.2. The molecule has 3 rings (SSSR count). The molecule has 21 heavy (non-hydrogen) atoms. The maximum atomic E-state index is 13.8. The molecule has 1 aromatic heterocycles. The quantitative estimate of drug-likeness (QED) is 0.553. The van der Waals surface area contributed by atoms with E-state index in [9.17, 15) is 13.2 Å². The molecule has 0 spiro atoms. The average Bonchev–Trinajstić information content (AvgIpc) is 2.38. The number of rotatable bonds is 1. The van der Waals surface area contributed by atoms with E-state index in [2.05, 4.69) is 25.9 Å². The van der Waals surface area contributed by atoms with Gasteiger partial charge in [0.25, 0.3) is 0 Å². The van der Waals surface area contributed by atoms with Gasteiger partial charge >= 0.3 is 0 Å². The molecule has 0 saturated heterocycles. The van der Waals surface area contributed by atoms with Gasteiger partial charge in [0, 0.05) is 22.0 Å². The molecule has 0 amide bonds. The largest absolute Gasteiger partial charge is 0.228 e. The van der Waals surface area contributed by atoms with Gasteiger partial charge in [0.15, 0.2) is 5.82 Å². The van der Waals surface area contributed by atoms with E-state index in [-0.39, 0.29) is 11.0 Å². The van der Waals surface area contributed by atoms with Gasteiger partial charge in [0.05, 0.1) is 11.1 Å². The van der Waals surface area contributed by atoms with Crippen molar-refractivity contribution >= 4 is 38.4 Å². The first kappa shape index (κ1) is 14.3. The van der Waals surface area contributed by atoms with E-state index in [1.807, 2.05) is 0 Å². The molecule has 2 nitrogen and oxygen atoms in total. The van der Waals surface area contributed by atoms with E-state index < -0.39 is 23.0 Å². The number of hydrogen-bond donors (Lipinski definition) is 0. The van der Waals surface area contributed by atoms with Crippen molar-refractivity contribution in [3.8, 4) is 11.4 Å². The summed E-state index contributed by atoms with van der Waals surface area (Å²) in [5.74, 6) is -3.41. The summed E-state index contributed by atoms with van der Waals surface area (Å²) in [6.07, 6.45) is 0. The Morgan fingerprint density at radius 2 is 1.62 bits per heavy atom. The molecule has 0 bridgehead atoms. The lowest BCUT2D eigenvalue weighted by atomic mass is 10.1. The number of nitrogens with zero attached hydrogens (tertiary/aromatic N) is 2. The first-order chi connectivity index (χ1) is 9.95. The van der Waals surface area contributed by atoms with E-state index in [0.717, 1.165) is 4.47 Å². The Morgan fingerprint density at radius 3 is 2.29 bits per heavy atom. The fraction of sp³-hybridized carbons (Fsp3) is 0. The van der Waals surface area contributed by atoms with Crippen LogP contribution in [-0.4, -0.2) is 9.97 Å². The second-order valence-electron chi connectivity index (χ2n) is 4.24. The Bertz CT molecular complexity index is 847. The normalized spacial score (nSPS) is 11.1. The second kappa shape index (κ2) is 5.27. The van der Waals surface area contributed by atoms with Crippen LogP contribution in [0.2, 0.25) is 5.15 Å². The van der Waals surface area contributed by atoms with Crippen LogP contribution in [0.5, 0.6) is 0 Å². The van der Waals surface area contributed by atoms with Crippen LogP contribution >= 0.6 is 27.5 Å². The van der Waals surface area contributed by atoms with Crippen LogP contribution in [0.1, 0.15) is 0 Å². The molecular weight excluding hydrogens is 369 g/mol. The Kier molecular flexibility index (Phi) is 3.59. The highest BCUT2D eigenvalue weighted by Crippen LogP contribution is 2.30. The minimum absolute atomic E-state index is 0.0550. The number of hydrogen-bond acceptors (Lipinski definition) is 2. The van der Waals surface area contributed by atoms with Gasteiger partial charge in [0.1, 0.15) is 22.6 Å². The summed E-state index contributed by atoms with van der Waals surface area (Å²) in [4.78, 5) is 7.97. The summed E-state index contributed by atoms with van der Waals surface area (Å²) in [6, 6.07) is 6.18. The Balaban J connectivity index is 2.29. The number of aromatic nitrogens is 2. The molecule has 0 N–H and O–H groups in total. The molecule has 3 aromatic rings. The fourth-order valence-corrected chi connectivity index (χ4v) is 2.52. The van der Waals surface area contributed by atoms with Crippen molar-refractivity contribution in [1.82, 2.24) is 9.97 Å². The molecule has 0 aliphatic rings. The van der Waals surface area contributed by atoms with Gasteiger partial charge in [-0.3, -0.25) is 0 Å². The third-order valence-electron chi connectivity index (χ3n) is 2.84. The molecule has 0 aliphatic heterocycles. The van der Waals surface area contributed by atoms with Crippen molar-refractivity contribution in [2.24, 2.45) is 0 Å². The van der Waals surface area contributed by atoms with Crippen LogP contribution < -0.4 is 0 Å². The van der Waals surface area contributed by atoms with Gasteiger partial charge in [-0.25, -0.2) is 23.1 Å². The van der Waals surface area contributed by atoms with E-state index >= 15 is 0 Å². The fourth-order valence-electron chi connectivity index (χ4n) is 1.93. The van der Waals surface area contributed by atoms with Crippen molar-refractivity contribution in [3.05, 3.63) is 57.4 Å². The van der Waals surface area contributed by atoms with Gasteiger partial charge in [-0.15, -0.1) is 0 Å². The summed E-state index contributed by atoms with van der Waals surface area (Å²) in [7, 11) is 0. The summed E-state index contributed by atoms with van der Waals surface area (Å²) >= 11 is 9.31. The minimum atomic E-state index is -1.08. The van der Waals surface area contributed by atoms with E-state index in [4.69, 9.17) is 11.6 Å². The molecule has 0 saturated carbocycles. The zero-order chi connectivity index (χ0) is 15.1. The monoisotopic (exact) mass is 372 g/mol. The topological polar surface area (TPSA) is 25.8 Å². The van der Waals surface area contributed by atoms with Crippen molar-refractivity contribution in [3.63, 3.8) is 0 Å². The molecule has 106 valence electrons. The molecule has 0 atom stereocenters. The first-order valence-electron chi connectivity index (χ1n) is 5.73. The smallest absolute Gasteiger partial charge is 0.167 e. The Morgan fingerprint density at radius 1 is 0.952 bits per heavy atom. The molecule has 0 fully saturated rings. The third-order valence-corrected chi connectivity index (χ3v) is 3.62. The van der Waals surface area contributed by atoms with Crippen LogP contribution in [0.4, 0.5) is 13.2 Å². The highest BCUT2D eigenvalue weighted by Gasteiger charge is 2.18. The minimum Gasteiger partial charge on any atom is -0.228 e. The van der Waals surface area contributed by atoms with Crippen LogP contribution in [0.25, 0.3) is 22.3 Å². The van der Waals surface area contributed by atoms with Crippen molar-refractivity contribution in [1.29, 1.82) is 0 Å². The van der Waals surface area contributed by atoms with Crippen molar-refractivity contribution in [2.75, 3.05) is 0 Å². The van der Waals surface area contributed by atoms with Crippen molar-refractivity contribution in [2.45, 2.75) is 0 Å². The van der Waals surface area contributed by atoms with Crippen LogP contribution in [-0.2, 0) is 0 Å². The number of halogens is 5. The molecule has 7 heteroatoms. The highest BCUT2D eigenvalue weighted by atomic mass is 79.9. The molecule has 0 unspecified atom stereocenters. The standard InChI is InChI=1S/C14H5BrClF3N2/c15-6-1-2-11-8(3-6)13(16)21-14(20-11)12-9(18)4-7(17)5-10(12)19/h1-5H. The molecular formula is C14H5BrClF3N2. The second-order valence-corrected chi connectivity index (χ2v) is 5.52. The Hall–Kier alpha value is -1.66. The zero-order valence-corrected chi connectivity index (χ0v) is 12.5. The summed E-state index contributed by atoms with van der Waals surface area (Å²) in [5, 5.41) is 0.595. The summed E-state index contributed by atoms with van der Waals surface area (Å²) in [5.41, 5.74) is -0.0838. The Labute approximate surface area is 130 Å². The summed E-state index contributed by atoms with van der Waals surface area (Å²) in [6.45, 7) is 0. The predicted molar refractivity (Wildman–Crippen MR) is 77.6 cm³/mol. The van der Waals surface area contributed by atoms with Gasteiger partial charge in [0.2, 0.25) is 0 Å². The lowest BCUT2D eigenvalue weighted by molar-refractivity contribution is 0.547. The van der Waals surface area contributed by atoms with Gasteiger partial charge in [-0.1, -0.05) is 27.5 Å². The van der Waals surface area contributed by atoms with Crippen LogP contribution in [0, 0.1) is 17.5 Å². The van der Waals surface area contributed by atoms with Crippen LogP contribution in [0.15, 0.2) is 34.8 Å². The predicted octanol–water partition coefficient (Wildman–Crippen LogP) is 5.13. The number of fused-ring (bicyclic) bond motifs is 1. The van der Waals surface area contributed by atoms with Gasteiger partial charge in [-0.2, -0.15) is 0 Å². The van der Waals surface area contributed by atoms with Crippen LogP contribution in [0.3, 0.4) is 0 Å². The average molecular weight is 374 g/mol. The van der Waals surface area contributed by atoms with E-state index in [1.54, 1.807) is 18.2 Å². The van der Waals surface area contributed by atoms with Gasteiger partial charge in [-0.05, 0) is 18.2 Å². The maximum absolute atomic E-state index is 13.8. The lowest BCUT2D eigenvalue weighted by Gasteiger charge is -2.07. The van der Waals surface area contributed by atoms with E-state index in [1.165, 1.54) is 0 Å². The first-order valence-corrected chi connectivity index (χ1v) is 6.90. The third kappa shape index (κ3) is 2.61. The molecule has 0 aliphatic carbocycles. The maximum Gasteiger partial charge on any atom is 0.167 e. The highest BCUT2D eigenvalue weighted by molar-refractivity contribution is 9.10. The van der Waals surface area contributed by atoms with Crippen molar-refractivity contribution < 1.29 is 13.2 Å². The molecule has 2 aromatic carbocycles. The van der Waals surface area contributed by atoms with Gasteiger partial charge < -0.3 is 0 Å². The lowest BCUT2D eigenvalue weighted by Crippen LogP contribution is -1.98.